The molecule has 396 valence electrons. The van der Waals surface area contributed by atoms with Crippen molar-refractivity contribution < 1.29 is 32.9 Å². The van der Waals surface area contributed by atoms with Crippen molar-refractivity contribution in [3.8, 4) is 0 Å². The van der Waals surface area contributed by atoms with Crippen LogP contribution in [0.1, 0.15) is 213 Å². The van der Waals surface area contributed by atoms with E-state index in [0.29, 0.717) is 23.9 Å². The molecule has 0 spiro atoms. The second-order valence-electron chi connectivity index (χ2n) is 19.6. The van der Waals surface area contributed by atoms with E-state index in [-0.39, 0.29) is 19.1 Å². The molecule has 0 aromatic heterocycles. The Morgan fingerprint density at radius 3 is 1.29 bits per heavy atom. The number of hydrogen-bond acceptors (Lipinski definition) is 6. The number of phosphoric ester groups is 1. The minimum atomic E-state index is -4.57. The maximum atomic E-state index is 12.9. The van der Waals surface area contributed by atoms with Crippen molar-refractivity contribution >= 4 is 13.7 Å². The standard InChI is InChI=1S/C60H105N2O6P/c1-6-8-10-12-14-16-17-18-19-20-21-22-23-24-25-26-27-28-29-30-31-32-33-34-35-36-37-38-39-40-41-42-43-44-45-46-48-50-52-54-60(64)61-58(57-68-69(65,66)67-56-55-62(3,4)5)59(63)53-51-49-47-15-13-11-9-7-2/h8,10,14,16,18-19,21-22,24-25,27-28,30-31,33-34,36-37,58-59,63H,6-7,9,11-13,15,17,20,23,26,29,32,35,38-57H2,1-5H3,(H-,61,64,65,66)/b10-8-,16-14-,19-18-,22-21-,25-24-,28-27-,31-30-,34-33-,37-36-. The molecular formula is C60H105N2O6P. The van der Waals surface area contributed by atoms with Crippen molar-refractivity contribution in [2.45, 2.75) is 225 Å². The molecule has 0 fully saturated rings. The van der Waals surface area contributed by atoms with Gasteiger partial charge in [0.15, 0.2) is 0 Å². The predicted octanol–water partition coefficient (Wildman–Crippen LogP) is 16.2. The molecule has 0 aliphatic carbocycles. The van der Waals surface area contributed by atoms with E-state index in [9.17, 15) is 19.4 Å². The van der Waals surface area contributed by atoms with Crippen LogP contribution < -0.4 is 10.2 Å². The number of rotatable bonds is 49. The van der Waals surface area contributed by atoms with Crippen molar-refractivity contribution in [3.05, 3.63) is 109 Å². The topological polar surface area (TPSA) is 108 Å². The molecule has 0 bridgehead atoms. The van der Waals surface area contributed by atoms with Gasteiger partial charge < -0.3 is 28.8 Å². The van der Waals surface area contributed by atoms with Crippen molar-refractivity contribution in [3.63, 3.8) is 0 Å². The normalized spacial score (nSPS) is 14.8. The molecule has 0 radical (unpaired) electrons. The van der Waals surface area contributed by atoms with Gasteiger partial charge in [-0.05, 0) is 83.5 Å². The Bertz CT molecular complexity index is 1490. The van der Waals surface area contributed by atoms with Gasteiger partial charge in [-0.2, -0.15) is 0 Å². The molecule has 9 heteroatoms. The first-order valence-corrected chi connectivity index (χ1v) is 29.2. The lowest BCUT2D eigenvalue weighted by molar-refractivity contribution is -0.870. The lowest BCUT2D eigenvalue weighted by Gasteiger charge is -2.30. The molecule has 1 amide bonds. The molecule has 0 aromatic carbocycles. The van der Waals surface area contributed by atoms with E-state index in [4.69, 9.17) is 9.05 Å². The molecule has 69 heavy (non-hydrogen) atoms. The van der Waals surface area contributed by atoms with Gasteiger partial charge in [0.05, 0.1) is 39.9 Å². The second-order valence-corrected chi connectivity index (χ2v) is 21.0. The van der Waals surface area contributed by atoms with E-state index in [1.54, 1.807) is 0 Å². The zero-order chi connectivity index (χ0) is 50.6. The minimum absolute atomic E-state index is 0.00686. The Labute approximate surface area is 425 Å². The average molecular weight is 981 g/mol. The fourth-order valence-corrected chi connectivity index (χ4v) is 8.17. The van der Waals surface area contributed by atoms with Crippen LogP contribution in [0.25, 0.3) is 0 Å². The van der Waals surface area contributed by atoms with Gasteiger partial charge in [0.25, 0.3) is 7.82 Å². The van der Waals surface area contributed by atoms with E-state index >= 15 is 0 Å². The molecular weight excluding hydrogens is 876 g/mol. The monoisotopic (exact) mass is 981 g/mol. The Hall–Kier alpha value is -2.84. The zero-order valence-electron chi connectivity index (χ0n) is 45.0. The van der Waals surface area contributed by atoms with Crippen molar-refractivity contribution in [2.75, 3.05) is 40.9 Å². The number of amides is 1. The highest BCUT2D eigenvalue weighted by Crippen LogP contribution is 2.38. The summed E-state index contributed by atoms with van der Waals surface area (Å²) in [5.41, 5.74) is 0. The number of carbonyl (C=O) groups excluding carboxylic acids is 1. The number of aliphatic hydroxyl groups is 1. The van der Waals surface area contributed by atoms with Crippen LogP contribution in [-0.2, 0) is 18.4 Å². The third kappa shape index (κ3) is 52.8. The smallest absolute Gasteiger partial charge is 0.268 e. The number of nitrogens with one attached hydrogen (secondary N) is 1. The Morgan fingerprint density at radius 1 is 0.522 bits per heavy atom. The number of aliphatic hydroxyl groups excluding tert-OH is 1. The van der Waals surface area contributed by atoms with Crippen LogP contribution in [0.3, 0.4) is 0 Å². The summed E-state index contributed by atoms with van der Waals surface area (Å²) < 4.78 is 23.2. The van der Waals surface area contributed by atoms with E-state index < -0.39 is 20.0 Å². The summed E-state index contributed by atoms with van der Waals surface area (Å²) in [5, 5.41) is 13.9. The lowest BCUT2D eigenvalue weighted by Crippen LogP contribution is -2.46. The third-order valence-electron chi connectivity index (χ3n) is 11.8. The summed E-state index contributed by atoms with van der Waals surface area (Å²) >= 11 is 0. The molecule has 0 saturated carbocycles. The maximum Gasteiger partial charge on any atom is 0.268 e. The van der Waals surface area contributed by atoms with Crippen LogP contribution in [-0.4, -0.2) is 68.5 Å². The first-order valence-electron chi connectivity index (χ1n) is 27.7. The van der Waals surface area contributed by atoms with Crippen LogP contribution in [0.4, 0.5) is 0 Å². The fraction of sp³-hybridized carbons (Fsp3) is 0.683. The summed E-state index contributed by atoms with van der Waals surface area (Å²) in [6.07, 6.45) is 72.9. The van der Waals surface area contributed by atoms with E-state index in [1.165, 1.54) is 89.9 Å². The minimum Gasteiger partial charge on any atom is -0.756 e. The van der Waals surface area contributed by atoms with Crippen LogP contribution >= 0.6 is 7.82 Å². The number of carbonyl (C=O) groups is 1. The maximum absolute atomic E-state index is 12.9. The second kappa shape index (κ2) is 50.1. The van der Waals surface area contributed by atoms with Gasteiger partial charge in [-0.25, -0.2) is 0 Å². The van der Waals surface area contributed by atoms with Gasteiger partial charge >= 0.3 is 0 Å². The van der Waals surface area contributed by atoms with E-state index in [0.717, 1.165) is 96.3 Å². The average Bonchev–Trinajstić information content (AvgIpc) is 3.31. The molecule has 3 unspecified atom stereocenters. The van der Waals surface area contributed by atoms with Crippen LogP contribution in [0.5, 0.6) is 0 Å². The summed E-state index contributed by atoms with van der Waals surface area (Å²) in [5.74, 6) is -0.176. The Morgan fingerprint density at radius 2 is 0.884 bits per heavy atom. The van der Waals surface area contributed by atoms with Gasteiger partial charge in [-0.1, -0.05) is 232 Å². The summed E-state index contributed by atoms with van der Waals surface area (Å²) in [4.78, 5) is 25.3. The highest BCUT2D eigenvalue weighted by molar-refractivity contribution is 7.45. The van der Waals surface area contributed by atoms with Gasteiger partial charge in [0.1, 0.15) is 13.2 Å². The summed E-state index contributed by atoms with van der Waals surface area (Å²) in [6.45, 7) is 4.55. The SMILES string of the molecule is CC/C=C\C/C=C\C/C=C\C/C=C\C/C=C\C/C=C\C/C=C\C/C=C\C/C=C\CCCCCCCCCCCCCC(=O)NC(COP(=O)([O-])OCC[N+](C)(C)C)C(O)CCCCCCCCCC. The lowest BCUT2D eigenvalue weighted by atomic mass is 10.0. The van der Waals surface area contributed by atoms with Crippen LogP contribution in [0.2, 0.25) is 0 Å². The molecule has 0 heterocycles. The molecule has 0 rings (SSSR count). The number of quaternary nitrogens is 1. The zero-order valence-corrected chi connectivity index (χ0v) is 45.9. The predicted molar refractivity (Wildman–Crippen MR) is 297 cm³/mol. The molecule has 0 aliphatic heterocycles. The number of hydrogen-bond donors (Lipinski definition) is 2. The first-order chi connectivity index (χ1) is 33.5. The van der Waals surface area contributed by atoms with Gasteiger partial charge in [-0.15, -0.1) is 0 Å². The highest BCUT2D eigenvalue weighted by atomic mass is 31.2. The number of nitrogens with zero attached hydrogens (tertiary/aromatic N) is 1. The molecule has 3 atom stereocenters. The van der Waals surface area contributed by atoms with E-state index in [2.05, 4.69) is 129 Å². The number of allylic oxidation sites excluding steroid dienone is 18. The molecule has 0 aliphatic rings. The van der Waals surface area contributed by atoms with Crippen molar-refractivity contribution in [2.24, 2.45) is 0 Å². The third-order valence-corrected chi connectivity index (χ3v) is 12.7. The fourth-order valence-electron chi connectivity index (χ4n) is 7.44. The largest absolute Gasteiger partial charge is 0.756 e. The van der Waals surface area contributed by atoms with Crippen molar-refractivity contribution in [1.29, 1.82) is 0 Å². The molecule has 8 nitrogen and oxygen atoms in total. The summed E-state index contributed by atoms with van der Waals surface area (Å²) in [7, 11) is 1.29. The van der Waals surface area contributed by atoms with Gasteiger partial charge in [0, 0.05) is 6.42 Å². The number of likely N-dealkylation sites (N-methyl/N-ethyl adjacent to an activating group) is 1. The molecule has 0 aromatic rings. The number of unbranched alkanes of at least 4 members (excludes halogenated alkanes) is 18. The highest BCUT2D eigenvalue weighted by Gasteiger charge is 2.24. The number of phosphoric acid groups is 1. The van der Waals surface area contributed by atoms with E-state index in [1.807, 2.05) is 21.1 Å². The Kier molecular flexibility index (Phi) is 48.1. The molecule has 0 saturated heterocycles. The Balaban J connectivity index is 3.97. The molecule has 2 N–H and O–H groups in total. The van der Waals surface area contributed by atoms with Gasteiger partial charge in [-0.3, -0.25) is 9.36 Å². The summed E-state index contributed by atoms with van der Waals surface area (Å²) in [6, 6.07) is -0.806. The van der Waals surface area contributed by atoms with Crippen LogP contribution in [0, 0.1) is 0 Å². The first kappa shape index (κ1) is 66.2. The quantitative estimate of drug-likeness (QED) is 0.0272. The van der Waals surface area contributed by atoms with Gasteiger partial charge in [0.2, 0.25) is 5.91 Å². The van der Waals surface area contributed by atoms with Crippen molar-refractivity contribution in [1.82, 2.24) is 5.32 Å². The van der Waals surface area contributed by atoms with Crippen LogP contribution in [0.15, 0.2) is 109 Å².